The molecule has 0 radical (unpaired) electrons. The van der Waals surface area contributed by atoms with Crippen molar-refractivity contribution in [1.82, 2.24) is 0 Å². The van der Waals surface area contributed by atoms with Crippen molar-refractivity contribution in [2.45, 2.75) is 25.9 Å². The number of ether oxygens (including phenoxy) is 2. The molecular weight excluding hydrogens is 248 g/mol. The van der Waals surface area contributed by atoms with Crippen LogP contribution in [0.1, 0.15) is 25.0 Å². The lowest BCUT2D eigenvalue weighted by Gasteiger charge is -2.25. The molecule has 0 atom stereocenters. The lowest BCUT2D eigenvalue weighted by Crippen LogP contribution is -2.24. The van der Waals surface area contributed by atoms with Crippen molar-refractivity contribution in [3.63, 3.8) is 0 Å². The monoisotopic (exact) mass is 270 g/mol. The minimum absolute atomic E-state index is 0.0128. The lowest BCUT2D eigenvalue weighted by molar-refractivity contribution is 0.0825. The second kappa shape index (κ2) is 6.58. The Labute approximate surface area is 121 Å². The molecule has 0 N–H and O–H groups in total. The van der Waals surface area contributed by atoms with Crippen molar-refractivity contribution < 1.29 is 9.47 Å². The Kier molecular flexibility index (Phi) is 4.80. The molecule has 0 amide bonds. The molecule has 2 rings (SSSR count). The third-order valence-corrected chi connectivity index (χ3v) is 3.45. The first-order valence-corrected chi connectivity index (χ1v) is 6.88. The third kappa shape index (κ3) is 3.84. The van der Waals surface area contributed by atoms with E-state index in [-0.39, 0.29) is 5.41 Å². The zero-order chi connectivity index (χ0) is 14.4. The van der Waals surface area contributed by atoms with Crippen molar-refractivity contribution in [3.05, 3.63) is 65.7 Å². The van der Waals surface area contributed by atoms with Gasteiger partial charge in [-0.25, -0.2) is 0 Å². The summed E-state index contributed by atoms with van der Waals surface area (Å²) in [4.78, 5) is 0. The van der Waals surface area contributed by atoms with Crippen molar-refractivity contribution in [3.8, 4) is 5.75 Å². The minimum atomic E-state index is -0.0128. The molecular formula is C18H22O2. The van der Waals surface area contributed by atoms with Crippen molar-refractivity contribution in [2.75, 3.05) is 13.7 Å². The summed E-state index contributed by atoms with van der Waals surface area (Å²) in [6.45, 7) is 5.73. The second-order valence-corrected chi connectivity index (χ2v) is 5.59. The van der Waals surface area contributed by atoms with Crippen LogP contribution < -0.4 is 4.74 Å². The molecule has 0 aromatic heterocycles. The Balaban J connectivity index is 1.92. The highest BCUT2D eigenvalue weighted by atomic mass is 16.5. The topological polar surface area (TPSA) is 18.5 Å². The van der Waals surface area contributed by atoms with Crippen LogP contribution in [0.15, 0.2) is 54.6 Å². The fourth-order valence-electron chi connectivity index (χ4n) is 2.12. The van der Waals surface area contributed by atoms with Crippen LogP contribution >= 0.6 is 0 Å². The van der Waals surface area contributed by atoms with Crippen LogP contribution in [0.5, 0.6) is 5.75 Å². The summed E-state index contributed by atoms with van der Waals surface area (Å²) < 4.78 is 11.1. The van der Waals surface area contributed by atoms with Gasteiger partial charge in [-0.05, 0) is 23.3 Å². The Morgan fingerprint density at radius 2 is 1.55 bits per heavy atom. The summed E-state index contributed by atoms with van der Waals surface area (Å²) in [5.74, 6) is 0.884. The van der Waals surface area contributed by atoms with Gasteiger partial charge < -0.3 is 9.47 Å². The highest BCUT2D eigenvalue weighted by Gasteiger charge is 2.20. The Morgan fingerprint density at radius 1 is 0.900 bits per heavy atom. The predicted molar refractivity (Wildman–Crippen MR) is 82.1 cm³/mol. The number of benzene rings is 2. The number of hydrogen-bond acceptors (Lipinski definition) is 2. The zero-order valence-corrected chi connectivity index (χ0v) is 12.4. The summed E-state index contributed by atoms with van der Waals surface area (Å²) in [7, 11) is 1.68. The first-order chi connectivity index (χ1) is 9.62. The van der Waals surface area contributed by atoms with Gasteiger partial charge in [-0.15, -0.1) is 0 Å². The van der Waals surface area contributed by atoms with Crippen LogP contribution in [0.25, 0.3) is 0 Å². The molecule has 0 saturated carbocycles. The quantitative estimate of drug-likeness (QED) is 0.783. The van der Waals surface area contributed by atoms with Crippen LogP contribution in [0, 0.1) is 0 Å². The standard InChI is InChI=1S/C18H22O2/c1-18(2,16-9-11-17(19-3)12-10-16)14-20-13-15-7-5-4-6-8-15/h4-12H,13-14H2,1-3H3. The summed E-state index contributed by atoms with van der Waals surface area (Å²) in [5, 5.41) is 0. The fraction of sp³-hybridized carbons (Fsp3) is 0.333. The van der Waals surface area contributed by atoms with E-state index in [4.69, 9.17) is 9.47 Å². The molecule has 0 spiro atoms. The van der Waals surface area contributed by atoms with E-state index in [1.54, 1.807) is 7.11 Å². The highest BCUT2D eigenvalue weighted by Crippen LogP contribution is 2.25. The number of rotatable bonds is 6. The van der Waals surface area contributed by atoms with Crippen LogP contribution in [-0.4, -0.2) is 13.7 Å². The maximum Gasteiger partial charge on any atom is 0.118 e. The molecule has 2 nitrogen and oxygen atoms in total. The predicted octanol–water partition coefficient (Wildman–Crippen LogP) is 4.19. The van der Waals surface area contributed by atoms with E-state index in [1.165, 1.54) is 11.1 Å². The molecule has 20 heavy (non-hydrogen) atoms. The van der Waals surface area contributed by atoms with Gasteiger partial charge in [0, 0.05) is 5.41 Å². The maximum absolute atomic E-state index is 5.86. The van der Waals surface area contributed by atoms with E-state index < -0.39 is 0 Å². The molecule has 0 fully saturated rings. The Morgan fingerprint density at radius 3 is 2.15 bits per heavy atom. The zero-order valence-electron chi connectivity index (χ0n) is 12.4. The van der Waals surface area contributed by atoms with Gasteiger partial charge in [-0.3, -0.25) is 0 Å². The summed E-state index contributed by atoms with van der Waals surface area (Å²) >= 11 is 0. The van der Waals surface area contributed by atoms with E-state index in [0.717, 1.165) is 5.75 Å². The van der Waals surface area contributed by atoms with Crippen molar-refractivity contribution in [1.29, 1.82) is 0 Å². The second-order valence-electron chi connectivity index (χ2n) is 5.59. The SMILES string of the molecule is COc1ccc(C(C)(C)COCc2ccccc2)cc1. The van der Waals surface area contributed by atoms with Gasteiger partial charge in [-0.2, -0.15) is 0 Å². The highest BCUT2D eigenvalue weighted by molar-refractivity contribution is 5.31. The molecule has 0 aliphatic rings. The fourth-order valence-corrected chi connectivity index (χ4v) is 2.12. The molecule has 0 bridgehead atoms. The van der Waals surface area contributed by atoms with Crippen LogP contribution in [0.3, 0.4) is 0 Å². The third-order valence-electron chi connectivity index (χ3n) is 3.45. The maximum atomic E-state index is 5.86. The summed E-state index contributed by atoms with van der Waals surface area (Å²) in [6.07, 6.45) is 0. The summed E-state index contributed by atoms with van der Waals surface area (Å²) in [6, 6.07) is 18.4. The van der Waals surface area contributed by atoms with Gasteiger partial charge in [0.15, 0.2) is 0 Å². The molecule has 106 valence electrons. The van der Waals surface area contributed by atoms with E-state index in [0.29, 0.717) is 13.2 Å². The molecule has 0 aliphatic carbocycles. The Bertz CT molecular complexity index is 515. The van der Waals surface area contributed by atoms with Gasteiger partial charge in [0.05, 0.1) is 20.3 Å². The van der Waals surface area contributed by atoms with Gasteiger partial charge >= 0.3 is 0 Å². The summed E-state index contributed by atoms with van der Waals surface area (Å²) in [5.41, 5.74) is 2.45. The largest absolute Gasteiger partial charge is 0.497 e. The molecule has 2 heteroatoms. The van der Waals surface area contributed by atoms with E-state index in [1.807, 2.05) is 30.3 Å². The number of methoxy groups -OCH3 is 1. The van der Waals surface area contributed by atoms with Gasteiger partial charge in [0.25, 0.3) is 0 Å². The normalized spacial score (nSPS) is 11.3. The lowest BCUT2D eigenvalue weighted by atomic mass is 9.85. The van der Waals surface area contributed by atoms with Gasteiger partial charge in [-0.1, -0.05) is 56.3 Å². The Hall–Kier alpha value is -1.80. The molecule has 2 aromatic carbocycles. The van der Waals surface area contributed by atoms with Gasteiger partial charge in [0.2, 0.25) is 0 Å². The first-order valence-electron chi connectivity index (χ1n) is 6.88. The van der Waals surface area contributed by atoms with Crippen LogP contribution in [0.4, 0.5) is 0 Å². The average molecular weight is 270 g/mol. The van der Waals surface area contributed by atoms with E-state index in [2.05, 4.69) is 38.1 Å². The molecule has 2 aromatic rings. The smallest absolute Gasteiger partial charge is 0.118 e. The molecule has 0 saturated heterocycles. The number of hydrogen-bond donors (Lipinski definition) is 0. The minimum Gasteiger partial charge on any atom is -0.497 e. The van der Waals surface area contributed by atoms with E-state index >= 15 is 0 Å². The van der Waals surface area contributed by atoms with Crippen molar-refractivity contribution >= 4 is 0 Å². The van der Waals surface area contributed by atoms with E-state index in [9.17, 15) is 0 Å². The van der Waals surface area contributed by atoms with Crippen LogP contribution in [-0.2, 0) is 16.8 Å². The van der Waals surface area contributed by atoms with Gasteiger partial charge in [0.1, 0.15) is 5.75 Å². The molecule has 0 aliphatic heterocycles. The van der Waals surface area contributed by atoms with Crippen LogP contribution in [0.2, 0.25) is 0 Å². The first kappa shape index (κ1) is 14.6. The molecule has 0 unspecified atom stereocenters. The van der Waals surface area contributed by atoms with Crippen molar-refractivity contribution in [2.24, 2.45) is 0 Å². The average Bonchev–Trinajstić information content (AvgIpc) is 2.48. The molecule has 0 heterocycles.